The van der Waals surface area contributed by atoms with Crippen LogP contribution in [0.1, 0.15) is 13.8 Å². The van der Waals surface area contributed by atoms with E-state index in [1.807, 2.05) is 18.2 Å². The van der Waals surface area contributed by atoms with Crippen LogP contribution in [-0.4, -0.2) is 28.3 Å². The van der Waals surface area contributed by atoms with Crippen molar-refractivity contribution in [2.45, 2.75) is 24.3 Å². The van der Waals surface area contributed by atoms with Gasteiger partial charge in [0.2, 0.25) is 0 Å². The van der Waals surface area contributed by atoms with Gasteiger partial charge in [0.15, 0.2) is 0 Å². The number of imide groups is 1. The van der Waals surface area contributed by atoms with Gasteiger partial charge in [-0.2, -0.15) is 0 Å². The largest absolute Gasteiger partial charge is 0.325 e. The first kappa shape index (κ1) is 13.9. The van der Waals surface area contributed by atoms with Gasteiger partial charge in [0.25, 0.3) is 5.91 Å². The number of carbonyl (C=O) groups is 2. The van der Waals surface area contributed by atoms with Gasteiger partial charge in [-0.15, -0.1) is 11.8 Å². The molecule has 5 heteroatoms. The minimum absolute atomic E-state index is 0.244. The number of fused-ring (bicyclic) bond motifs is 1. The molecule has 2 aromatic carbocycles. The molecule has 1 saturated heterocycles. The number of benzene rings is 2. The number of thioether (sulfide) groups is 1. The van der Waals surface area contributed by atoms with Gasteiger partial charge in [-0.25, -0.2) is 4.79 Å². The molecular weight excluding hydrogens is 284 g/mol. The second-order valence-electron chi connectivity index (χ2n) is 5.53. The van der Waals surface area contributed by atoms with E-state index in [2.05, 4.69) is 29.6 Å². The maximum absolute atomic E-state index is 11.8. The minimum Gasteiger partial charge on any atom is -0.301 e. The van der Waals surface area contributed by atoms with Gasteiger partial charge in [-0.3, -0.25) is 10.1 Å². The molecule has 3 amide bonds. The molecule has 1 N–H and O–H groups in total. The summed E-state index contributed by atoms with van der Waals surface area (Å²) >= 11 is 1.55. The number of carbonyl (C=O) groups excluding carboxylic acids is 2. The van der Waals surface area contributed by atoms with E-state index >= 15 is 0 Å². The first-order valence-electron chi connectivity index (χ1n) is 6.73. The number of hydrogen-bond acceptors (Lipinski definition) is 3. The average Bonchev–Trinajstić information content (AvgIpc) is 2.65. The summed E-state index contributed by atoms with van der Waals surface area (Å²) < 4.78 is 0. The van der Waals surface area contributed by atoms with E-state index < -0.39 is 5.54 Å². The Morgan fingerprint density at radius 2 is 1.81 bits per heavy atom. The molecule has 0 aliphatic carbocycles. The quantitative estimate of drug-likeness (QED) is 0.699. The van der Waals surface area contributed by atoms with Crippen molar-refractivity contribution in [3.63, 3.8) is 0 Å². The Morgan fingerprint density at radius 3 is 2.48 bits per heavy atom. The highest BCUT2D eigenvalue weighted by Gasteiger charge is 2.45. The predicted molar refractivity (Wildman–Crippen MR) is 84.1 cm³/mol. The van der Waals surface area contributed by atoms with Crippen LogP contribution in [0.2, 0.25) is 0 Å². The molecule has 0 bridgehead atoms. The van der Waals surface area contributed by atoms with Crippen LogP contribution in [0.5, 0.6) is 0 Å². The molecule has 21 heavy (non-hydrogen) atoms. The maximum Gasteiger partial charge on any atom is 0.325 e. The number of nitrogens with zero attached hydrogens (tertiary/aromatic N) is 1. The number of hydrogen-bond donors (Lipinski definition) is 1. The molecule has 1 aliphatic rings. The SMILES string of the molecule is CC1(C)C(=O)NC(=O)N1CSc1ccc2ccccc2c1. The lowest BCUT2D eigenvalue weighted by Crippen LogP contribution is -2.43. The summed E-state index contributed by atoms with van der Waals surface area (Å²) in [5.41, 5.74) is -0.791. The van der Waals surface area contributed by atoms with E-state index in [4.69, 9.17) is 0 Å². The van der Waals surface area contributed by atoms with E-state index in [0.29, 0.717) is 5.88 Å². The third-order valence-electron chi connectivity index (χ3n) is 3.78. The van der Waals surface area contributed by atoms with E-state index in [-0.39, 0.29) is 11.9 Å². The molecule has 1 fully saturated rings. The summed E-state index contributed by atoms with van der Waals surface area (Å²) in [4.78, 5) is 26.2. The Hall–Kier alpha value is -2.01. The summed E-state index contributed by atoms with van der Waals surface area (Å²) in [5.74, 6) is 0.203. The van der Waals surface area contributed by atoms with Crippen molar-refractivity contribution < 1.29 is 9.59 Å². The second kappa shape index (κ2) is 5.07. The highest BCUT2D eigenvalue weighted by molar-refractivity contribution is 7.99. The van der Waals surface area contributed by atoms with Gasteiger partial charge >= 0.3 is 6.03 Å². The van der Waals surface area contributed by atoms with Crippen molar-refractivity contribution in [2.75, 3.05) is 5.88 Å². The van der Waals surface area contributed by atoms with Gasteiger partial charge in [-0.05, 0) is 36.8 Å². The van der Waals surface area contributed by atoms with Crippen LogP contribution >= 0.6 is 11.8 Å². The average molecular weight is 300 g/mol. The fraction of sp³-hybridized carbons (Fsp3) is 0.250. The Bertz CT molecular complexity index is 727. The van der Waals surface area contributed by atoms with Crippen molar-refractivity contribution in [3.8, 4) is 0 Å². The monoisotopic (exact) mass is 300 g/mol. The number of amides is 3. The van der Waals surface area contributed by atoms with Crippen LogP contribution in [0, 0.1) is 0 Å². The lowest BCUT2D eigenvalue weighted by atomic mass is 10.1. The smallest absolute Gasteiger partial charge is 0.301 e. The maximum atomic E-state index is 11.8. The van der Waals surface area contributed by atoms with Crippen molar-refractivity contribution in [2.24, 2.45) is 0 Å². The molecule has 3 rings (SSSR count). The summed E-state index contributed by atoms with van der Waals surface area (Å²) in [7, 11) is 0. The van der Waals surface area contributed by atoms with Crippen LogP contribution in [0.25, 0.3) is 10.8 Å². The van der Waals surface area contributed by atoms with E-state index in [1.165, 1.54) is 10.8 Å². The lowest BCUT2D eigenvalue weighted by molar-refractivity contribution is -0.124. The molecule has 0 unspecified atom stereocenters. The van der Waals surface area contributed by atoms with E-state index in [9.17, 15) is 9.59 Å². The zero-order chi connectivity index (χ0) is 15.0. The zero-order valence-corrected chi connectivity index (χ0v) is 12.7. The van der Waals surface area contributed by atoms with Gasteiger partial charge in [0.05, 0.1) is 5.88 Å². The molecule has 108 valence electrons. The van der Waals surface area contributed by atoms with E-state index in [0.717, 1.165) is 4.90 Å². The molecule has 0 aromatic heterocycles. The lowest BCUT2D eigenvalue weighted by Gasteiger charge is -2.27. The molecule has 0 saturated carbocycles. The second-order valence-corrected chi connectivity index (χ2v) is 6.55. The molecular formula is C16H16N2O2S. The van der Waals surface area contributed by atoms with Gasteiger partial charge in [-0.1, -0.05) is 30.3 Å². The third-order valence-corrected chi connectivity index (χ3v) is 4.75. The minimum atomic E-state index is -0.791. The molecule has 0 radical (unpaired) electrons. The topological polar surface area (TPSA) is 49.4 Å². The van der Waals surface area contributed by atoms with Crippen LogP contribution in [-0.2, 0) is 4.79 Å². The molecule has 1 heterocycles. The van der Waals surface area contributed by atoms with Crippen LogP contribution in [0.15, 0.2) is 47.4 Å². The van der Waals surface area contributed by atoms with Crippen molar-refractivity contribution in [1.82, 2.24) is 10.2 Å². The number of nitrogens with one attached hydrogen (secondary N) is 1. The van der Waals surface area contributed by atoms with Gasteiger partial charge in [0.1, 0.15) is 5.54 Å². The first-order valence-corrected chi connectivity index (χ1v) is 7.72. The highest BCUT2D eigenvalue weighted by Crippen LogP contribution is 2.28. The molecule has 0 spiro atoms. The summed E-state index contributed by atoms with van der Waals surface area (Å²) in [6, 6.07) is 14.0. The fourth-order valence-corrected chi connectivity index (χ4v) is 3.40. The zero-order valence-electron chi connectivity index (χ0n) is 11.9. The van der Waals surface area contributed by atoms with Crippen LogP contribution < -0.4 is 5.32 Å². The van der Waals surface area contributed by atoms with Crippen molar-refractivity contribution in [1.29, 1.82) is 0 Å². The standard InChI is InChI=1S/C16H16N2O2S/c1-16(2)14(19)17-15(20)18(16)10-21-13-8-7-11-5-3-4-6-12(11)9-13/h3-9H,10H2,1-2H3,(H,17,19,20). The molecule has 1 aliphatic heterocycles. The first-order chi connectivity index (χ1) is 9.98. The Kier molecular flexibility index (Phi) is 3.37. The molecule has 2 aromatic rings. The Balaban J connectivity index is 1.77. The highest BCUT2D eigenvalue weighted by atomic mass is 32.2. The molecule has 4 nitrogen and oxygen atoms in total. The van der Waals surface area contributed by atoms with Crippen molar-refractivity contribution in [3.05, 3.63) is 42.5 Å². The van der Waals surface area contributed by atoms with Crippen molar-refractivity contribution >= 4 is 34.5 Å². The predicted octanol–water partition coefficient (Wildman–Crippen LogP) is 3.22. The Morgan fingerprint density at radius 1 is 1.10 bits per heavy atom. The van der Waals surface area contributed by atoms with Gasteiger partial charge < -0.3 is 4.90 Å². The summed E-state index contributed by atoms with van der Waals surface area (Å²) in [6.45, 7) is 3.52. The van der Waals surface area contributed by atoms with E-state index in [1.54, 1.807) is 30.5 Å². The summed E-state index contributed by atoms with van der Waals surface area (Å²) in [6.07, 6.45) is 0. The summed E-state index contributed by atoms with van der Waals surface area (Å²) in [5, 5.41) is 4.72. The number of urea groups is 1. The fourth-order valence-electron chi connectivity index (χ4n) is 2.31. The van der Waals surface area contributed by atoms with Gasteiger partial charge in [0, 0.05) is 4.90 Å². The Labute approximate surface area is 127 Å². The number of rotatable bonds is 3. The molecule has 0 atom stereocenters. The van der Waals surface area contributed by atoms with Crippen LogP contribution in [0.4, 0.5) is 4.79 Å². The third kappa shape index (κ3) is 2.49. The normalized spacial score (nSPS) is 17.3. The van der Waals surface area contributed by atoms with Crippen LogP contribution in [0.3, 0.4) is 0 Å².